The minimum atomic E-state index is -0.263. The molecule has 6 nitrogen and oxygen atoms in total. The lowest BCUT2D eigenvalue weighted by molar-refractivity contribution is 0.0948. The van der Waals surface area contributed by atoms with Gasteiger partial charge in [-0.1, -0.05) is 17.7 Å². The Morgan fingerprint density at radius 1 is 1.26 bits per heavy atom. The zero-order chi connectivity index (χ0) is 19.4. The summed E-state index contributed by atoms with van der Waals surface area (Å²) >= 11 is 6.40. The fourth-order valence-corrected chi connectivity index (χ4v) is 3.08. The summed E-state index contributed by atoms with van der Waals surface area (Å²) in [6, 6.07) is 11.0. The average Bonchev–Trinajstić information content (AvgIpc) is 3.20. The van der Waals surface area contributed by atoms with E-state index in [2.05, 4.69) is 10.3 Å². The van der Waals surface area contributed by atoms with E-state index < -0.39 is 0 Å². The number of benzene rings is 1. The van der Waals surface area contributed by atoms with Gasteiger partial charge in [-0.15, -0.1) is 0 Å². The van der Waals surface area contributed by atoms with Crippen LogP contribution in [0.2, 0.25) is 5.02 Å². The number of nitrogens with one attached hydrogen (secondary N) is 1. The molecule has 0 saturated carbocycles. The van der Waals surface area contributed by atoms with Crippen LogP contribution in [0.25, 0.3) is 5.69 Å². The van der Waals surface area contributed by atoms with Crippen molar-refractivity contribution < 1.29 is 9.53 Å². The van der Waals surface area contributed by atoms with Crippen molar-refractivity contribution in [3.63, 3.8) is 0 Å². The summed E-state index contributed by atoms with van der Waals surface area (Å²) in [5.41, 5.74) is 2.05. The molecule has 0 saturated heterocycles. The van der Waals surface area contributed by atoms with Crippen LogP contribution in [0.4, 0.5) is 5.82 Å². The summed E-state index contributed by atoms with van der Waals surface area (Å²) in [5, 5.41) is 3.38. The van der Waals surface area contributed by atoms with E-state index in [9.17, 15) is 4.79 Å². The molecule has 1 aromatic carbocycles. The van der Waals surface area contributed by atoms with E-state index in [4.69, 9.17) is 16.3 Å². The second kappa shape index (κ2) is 8.14. The Bertz CT molecular complexity index is 939. The molecule has 3 rings (SSSR count). The molecule has 0 aliphatic carbocycles. The summed E-state index contributed by atoms with van der Waals surface area (Å²) < 4.78 is 7.29. The number of aromatic nitrogens is 2. The first-order chi connectivity index (χ1) is 13.0. The molecule has 1 amide bonds. The van der Waals surface area contributed by atoms with Crippen LogP contribution in [0.5, 0.6) is 5.75 Å². The third-order valence-corrected chi connectivity index (χ3v) is 4.43. The predicted octanol–water partition coefficient (Wildman–Crippen LogP) is 3.53. The normalized spacial score (nSPS) is 10.5. The van der Waals surface area contributed by atoms with Gasteiger partial charge in [0.05, 0.1) is 23.4 Å². The second-order valence-corrected chi connectivity index (χ2v) is 6.56. The fourth-order valence-electron chi connectivity index (χ4n) is 2.82. The number of rotatable bonds is 6. The number of hydrogen-bond donors (Lipinski definition) is 1. The van der Waals surface area contributed by atoms with E-state index in [1.807, 2.05) is 60.2 Å². The highest BCUT2D eigenvalue weighted by Gasteiger charge is 2.17. The second-order valence-electron chi connectivity index (χ2n) is 6.16. The van der Waals surface area contributed by atoms with Crippen molar-refractivity contribution in [3.05, 3.63) is 71.1 Å². The number of pyridine rings is 1. The number of ether oxygens (including phenoxy) is 1. The molecule has 0 aliphatic rings. The maximum absolute atomic E-state index is 12.7. The van der Waals surface area contributed by atoms with Gasteiger partial charge in [0.15, 0.2) is 0 Å². The average molecular weight is 385 g/mol. The van der Waals surface area contributed by atoms with Gasteiger partial charge in [-0.3, -0.25) is 4.79 Å². The first kappa shape index (κ1) is 18.8. The van der Waals surface area contributed by atoms with Gasteiger partial charge in [-0.05, 0) is 24.3 Å². The first-order valence-corrected chi connectivity index (χ1v) is 8.79. The Hall–Kier alpha value is -2.99. The van der Waals surface area contributed by atoms with Crippen LogP contribution in [-0.4, -0.2) is 36.7 Å². The molecule has 0 aliphatic heterocycles. The Morgan fingerprint density at radius 2 is 2.00 bits per heavy atom. The topological polar surface area (TPSA) is 59.4 Å². The van der Waals surface area contributed by atoms with Gasteiger partial charge in [-0.2, -0.15) is 0 Å². The van der Waals surface area contributed by atoms with E-state index in [0.717, 1.165) is 17.1 Å². The minimum Gasteiger partial charge on any atom is -0.496 e. The summed E-state index contributed by atoms with van der Waals surface area (Å²) in [7, 11) is 5.36. The molecule has 0 bridgehead atoms. The summed E-state index contributed by atoms with van der Waals surface area (Å²) in [6.07, 6.45) is 5.49. The van der Waals surface area contributed by atoms with Gasteiger partial charge >= 0.3 is 0 Å². The number of nitrogens with zero attached hydrogens (tertiary/aromatic N) is 3. The number of carbonyl (C=O) groups excluding carboxylic acids is 1. The molecular formula is C20H21ClN4O2. The maximum atomic E-state index is 12.7. The molecule has 0 fully saturated rings. The van der Waals surface area contributed by atoms with Gasteiger partial charge in [-0.25, -0.2) is 4.98 Å². The zero-order valence-electron chi connectivity index (χ0n) is 15.4. The highest BCUT2D eigenvalue weighted by atomic mass is 35.5. The monoisotopic (exact) mass is 384 g/mol. The van der Waals surface area contributed by atoms with Crippen LogP contribution < -0.4 is 15.0 Å². The molecule has 0 radical (unpaired) electrons. The molecule has 3 aromatic rings. The smallest absolute Gasteiger partial charge is 0.255 e. The minimum absolute atomic E-state index is 0.263. The molecule has 1 N–H and O–H groups in total. The molecule has 0 spiro atoms. The van der Waals surface area contributed by atoms with Gasteiger partial charge in [0.1, 0.15) is 11.6 Å². The molecule has 7 heteroatoms. The number of anilines is 1. The van der Waals surface area contributed by atoms with Crippen molar-refractivity contribution in [2.45, 2.75) is 6.54 Å². The number of methoxy groups -OCH3 is 1. The highest BCUT2D eigenvalue weighted by Crippen LogP contribution is 2.30. The summed E-state index contributed by atoms with van der Waals surface area (Å²) in [5.74, 6) is 1.01. The standard InChI is InChI=1S/C20H21ClN4O2/c1-24(2)19-14(7-6-8-22-19)13-23-20(26)15-11-16(21)17(12-18(15)27-3)25-9-4-5-10-25/h4-12H,13H2,1-3H3,(H,23,26). The number of carbonyl (C=O) groups is 1. The van der Waals surface area contributed by atoms with Gasteiger partial charge in [0.2, 0.25) is 0 Å². The van der Waals surface area contributed by atoms with E-state index in [0.29, 0.717) is 22.9 Å². The van der Waals surface area contributed by atoms with Crippen molar-refractivity contribution >= 4 is 23.3 Å². The maximum Gasteiger partial charge on any atom is 0.255 e. The molecule has 0 unspecified atom stereocenters. The third kappa shape index (κ3) is 4.06. The molecule has 140 valence electrons. The van der Waals surface area contributed by atoms with Crippen LogP contribution >= 0.6 is 11.6 Å². The Balaban J connectivity index is 1.84. The number of halogens is 1. The quantitative estimate of drug-likeness (QED) is 0.706. The lowest BCUT2D eigenvalue weighted by Crippen LogP contribution is -2.25. The molecule has 27 heavy (non-hydrogen) atoms. The van der Waals surface area contributed by atoms with Crippen molar-refractivity contribution in [2.24, 2.45) is 0 Å². The SMILES string of the molecule is COc1cc(-n2cccc2)c(Cl)cc1C(=O)NCc1cccnc1N(C)C. The van der Waals surface area contributed by atoms with Crippen LogP contribution in [-0.2, 0) is 6.54 Å². The largest absolute Gasteiger partial charge is 0.496 e. The molecule has 2 heterocycles. The first-order valence-electron chi connectivity index (χ1n) is 8.41. The van der Waals surface area contributed by atoms with Gasteiger partial charge in [0.25, 0.3) is 5.91 Å². The summed E-state index contributed by atoms with van der Waals surface area (Å²) in [6.45, 7) is 0.348. The van der Waals surface area contributed by atoms with Gasteiger partial charge < -0.3 is 19.5 Å². The lowest BCUT2D eigenvalue weighted by Gasteiger charge is -2.17. The van der Waals surface area contributed by atoms with Crippen LogP contribution in [0.3, 0.4) is 0 Å². The van der Waals surface area contributed by atoms with Crippen molar-refractivity contribution in [1.82, 2.24) is 14.9 Å². The van der Waals surface area contributed by atoms with Crippen LogP contribution in [0.15, 0.2) is 55.0 Å². The zero-order valence-corrected chi connectivity index (χ0v) is 16.2. The van der Waals surface area contributed by atoms with Crippen LogP contribution in [0.1, 0.15) is 15.9 Å². The van der Waals surface area contributed by atoms with E-state index in [-0.39, 0.29) is 5.91 Å². The van der Waals surface area contributed by atoms with E-state index in [1.54, 1.807) is 18.3 Å². The van der Waals surface area contributed by atoms with Crippen LogP contribution in [0, 0.1) is 0 Å². The Kier molecular flexibility index (Phi) is 5.66. The Labute approximate surface area is 163 Å². The molecule has 2 aromatic heterocycles. The number of amides is 1. The summed E-state index contributed by atoms with van der Waals surface area (Å²) in [4.78, 5) is 19.0. The fraction of sp³-hybridized carbons (Fsp3) is 0.200. The number of hydrogen-bond acceptors (Lipinski definition) is 4. The van der Waals surface area contributed by atoms with Gasteiger partial charge in [0, 0.05) is 50.9 Å². The van der Waals surface area contributed by atoms with Crippen molar-refractivity contribution in [3.8, 4) is 11.4 Å². The predicted molar refractivity (Wildman–Crippen MR) is 107 cm³/mol. The van der Waals surface area contributed by atoms with Crippen molar-refractivity contribution in [1.29, 1.82) is 0 Å². The highest BCUT2D eigenvalue weighted by molar-refractivity contribution is 6.33. The van der Waals surface area contributed by atoms with E-state index >= 15 is 0 Å². The lowest BCUT2D eigenvalue weighted by atomic mass is 10.1. The molecule has 0 atom stereocenters. The van der Waals surface area contributed by atoms with Crippen molar-refractivity contribution in [2.75, 3.05) is 26.1 Å². The molecular weight excluding hydrogens is 364 g/mol. The Morgan fingerprint density at radius 3 is 2.67 bits per heavy atom. The van der Waals surface area contributed by atoms with E-state index in [1.165, 1.54) is 7.11 Å². The third-order valence-electron chi connectivity index (χ3n) is 4.13.